The van der Waals surface area contributed by atoms with E-state index in [1.54, 1.807) is 5.57 Å². The molecule has 1 unspecified atom stereocenters. The molecule has 0 aliphatic carbocycles. The van der Waals surface area contributed by atoms with Crippen LogP contribution in [-0.2, 0) is 0 Å². The third-order valence-corrected chi connectivity index (χ3v) is 2.95. The van der Waals surface area contributed by atoms with E-state index in [1.807, 2.05) is 0 Å². The van der Waals surface area contributed by atoms with Crippen LogP contribution in [0.3, 0.4) is 0 Å². The van der Waals surface area contributed by atoms with Gasteiger partial charge < -0.3 is 0 Å². The lowest BCUT2D eigenvalue weighted by Gasteiger charge is -2.20. The molecule has 0 aliphatic heterocycles. The second-order valence-electron chi connectivity index (χ2n) is 6.54. The summed E-state index contributed by atoms with van der Waals surface area (Å²) in [6, 6.07) is 0. The maximum absolute atomic E-state index is 2.51. The minimum Gasteiger partial charge on any atom is -0.0848 e. The van der Waals surface area contributed by atoms with Crippen LogP contribution in [0.25, 0.3) is 0 Å². The van der Waals surface area contributed by atoms with Gasteiger partial charge in [0.05, 0.1) is 0 Å². The van der Waals surface area contributed by atoms with Gasteiger partial charge in [0.15, 0.2) is 0 Å². The standard InChI is InChI=1S/C16H32/c1-12(2)8-9-16(11-14(5)6)15(7)10-13(3)4/h9,12-15H,8,10-11H2,1-7H3. The average molecular weight is 224 g/mol. The Hall–Kier alpha value is -0.260. The highest BCUT2D eigenvalue weighted by Crippen LogP contribution is 2.26. The van der Waals surface area contributed by atoms with Crippen LogP contribution in [-0.4, -0.2) is 0 Å². The van der Waals surface area contributed by atoms with Crippen LogP contribution in [0.15, 0.2) is 11.6 Å². The van der Waals surface area contributed by atoms with Gasteiger partial charge in [0.25, 0.3) is 0 Å². The van der Waals surface area contributed by atoms with Crippen molar-refractivity contribution in [3.63, 3.8) is 0 Å². The van der Waals surface area contributed by atoms with Crippen LogP contribution in [0.2, 0.25) is 0 Å². The lowest BCUT2D eigenvalue weighted by molar-refractivity contribution is 0.456. The molecule has 0 rings (SSSR count). The zero-order valence-electron chi connectivity index (χ0n) is 12.5. The van der Waals surface area contributed by atoms with Gasteiger partial charge in [0, 0.05) is 0 Å². The monoisotopic (exact) mass is 224 g/mol. The largest absolute Gasteiger partial charge is 0.0848 e. The van der Waals surface area contributed by atoms with E-state index in [-0.39, 0.29) is 0 Å². The van der Waals surface area contributed by atoms with E-state index in [1.165, 1.54) is 19.3 Å². The molecule has 1 atom stereocenters. The minimum absolute atomic E-state index is 0.765. The molecule has 0 fully saturated rings. The first kappa shape index (κ1) is 15.7. The van der Waals surface area contributed by atoms with Crippen molar-refractivity contribution in [3.8, 4) is 0 Å². The summed E-state index contributed by atoms with van der Waals surface area (Å²) in [6.45, 7) is 16.3. The molecule has 0 bridgehead atoms. The minimum atomic E-state index is 0.765. The quantitative estimate of drug-likeness (QED) is 0.487. The first-order valence-corrected chi connectivity index (χ1v) is 7.01. The molecule has 0 heteroatoms. The Labute approximate surface area is 104 Å². The van der Waals surface area contributed by atoms with E-state index in [2.05, 4.69) is 54.5 Å². The summed E-state index contributed by atoms with van der Waals surface area (Å²) in [6.07, 6.45) is 6.36. The van der Waals surface area contributed by atoms with Gasteiger partial charge in [-0.2, -0.15) is 0 Å². The molecule has 96 valence electrons. The van der Waals surface area contributed by atoms with E-state index in [0.717, 1.165) is 23.7 Å². The fraction of sp³-hybridized carbons (Fsp3) is 0.875. The van der Waals surface area contributed by atoms with Crippen molar-refractivity contribution in [3.05, 3.63) is 11.6 Å². The predicted molar refractivity (Wildman–Crippen MR) is 75.6 cm³/mol. The molecule has 0 nitrogen and oxygen atoms in total. The fourth-order valence-corrected chi connectivity index (χ4v) is 2.20. The van der Waals surface area contributed by atoms with Crippen molar-refractivity contribution in [1.82, 2.24) is 0 Å². The zero-order chi connectivity index (χ0) is 12.7. The highest BCUT2D eigenvalue weighted by atomic mass is 14.2. The van der Waals surface area contributed by atoms with E-state index in [9.17, 15) is 0 Å². The van der Waals surface area contributed by atoms with Crippen LogP contribution in [0.1, 0.15) is 67.7 Å². The molecule has 0 saturated heterocycles. The van der Waals surface area contributed by atoms with Crippen LogP contribution in [0, 0.1) is 23.7 Å². The Kier molecular flexibility index (Phi) is 7.80. The van der Waals surface area contributed by atoms with Gasteiger partial charge in [0.1, 0.15) is 0 Å². The molecule has 0 N–H and O–H groups in total. The van der Waals surface area contributed by atoms with Crippen molar-refractivity contribution in [2.24, 2.45) is 23.7 Å². The Bertz CT molecular complexity index is 196. The number of hydrogen-bond acceptors (Lipinski definition) is 0. The van der Waals surface area contributed by atoms with Crippen LogP contribution in [0.4, 0.5) is 0 Å². The maximum atomic E-state index is 2.51. The first-order chi connectivity index (χ1) is 7.32. The van der Waals surface area contributed by atoms with Gasteiger partial charge in [-0.25, -0.2) is 0 Å². The number of hydrogen-bond donors (Lipinski definition) is 0. The molecule has 0 amide bonds. The van der Waals surface area contributed by atoms with Crippen molar-refractivity contribution >= 4 is 0 Å². The second-order valence-corrected chi connectivity index (χ2v) is 6.54. The van der Waals surface area contributed by atoms with Gasteiger partial charge in [-0.05, 0) is 42.9 Å². The normalized spacial score (nSPS) is 15.2. The Balaban J connectivity index is 4.45. The fourth-order valence-electron chi connectivity index (χ4n) is 2.20. The van der Waals surface area contributed by atoms with Gasteiger partial charge >= 0.3 is 0 Å². The van der Waals surface area contributed by atoms with E-state index < -0.39 is 0 Å². The highest BCUT2D eigenvalue weighted by molar-refractivity contribution is 5.07. The van der Waals surface area contributed by atoms with Gasteiger partial charge in [0.2, 0.25) is 0 Å². The number of rotatable bonds is 7. The Morgan fingerprint density at radius 1 is 0.812 bits per heavy atom. The SMILES string of the molecule is CC(C)CC=C(CC(C)C)C(C)CC(C)C. The van der Waals surface area contributed by atoms with Crippen molar-refractivity contribution in [2.75, 3.05) is 0 Å². The molecular formula is C16H32. The molecule has 0 saturated carbocycles. The molecule has 0 aromatic heterocycles. The average Bonchev–Trinajstić information content (AvgIpc) is 2.09. The van der Waals surface area contributed by atoms with E-state index >= 15 is 0 Å². The Morgan fingerprint density at radius 3 is 1.75 bits per heavy atom. The molecule has 0 aromatic rings. The zero-order valence-corrected chi connectivity index (χ0v) is 12.5. The summed E-state index contributed by atoms with van der Waals surface area (Å²) in [5.41, 5.74) is 1.69. The molecule has 0 heterocycles. The first-order valence-electron chi connectivity index (χ1n) is 7.01. The topological polar surface area (TPSA) is 0 Å². The molecule has 0 radical (unpaired) electrons. The molecule has 16 heavy (non-hydrogen) atoms. The van der Waals surface area contributed by atoms with Crippen LogP contribution in [0.5, 0.6) is 0 Å². The van der Waals surface area contributed by atoms with Crippen molar-refractivity contribution in [1.29, 1.82) is 0 Å². The second kappa shape index (κ2) is 7.92. The molecule has 0 aromatic carbocycles. The lowest BCUT2D eigenvalue weighted by atomic mass is 9.86. The van der Waals surface area contributed by atoms with Gasteiger partial charge in [-0.3, -0.25) is 0 Å². The van der Waals surface area contributed by atoms with Crippen molar-refractivity contribution in [2.45, 2.75) is 67.7 Å². The molecular weight excluding hydrogens is 192 g/mol. The smallest absolute Gasteiger partial charge is 0.0229 e. The summed E-state index contributed by atoms with van der Waals surface area (Å²) in [4.78, 5) is 0. The summed E-state index contributed by atoms with van der Waals surface area (Å²) in [5.74, 6) is 3.15. The maximum Gasteiger partial charge on any atom is -0.0229 e. The number of allylic oxidation sites excluding steroid dienone is 2. The predicted octanol–water partition coefficient (Wildman–Crippen LogP) is 5.69. The summed E-state index contributed by atoms with van der Waals surface area (Å²) in [7, 11) is 0. The van der Waals surface area contributed by atoms with Gasteiger partial charge in [-0.15, -0.1) is 0 Å². The van der Waals surface area contributed by atoms with E-state index in [4.69, 9.17) is 0 Å². The molecule has 0 aliphatic rings. The van der Waals surface area contributed by atoms with Crippen molar-refractivity contribution < 1.29 is 0 Å². The third-order valence-electron chi connectivity index (χ3n) is 2.95. The summed E-state index contributed by atoms with van der Waals surface area (Å²) >= 11 is 0. The van der Waals surface area contributed by atoms with Crippen LogP contribution >= 0.6 is 0 Å². The van der Waals surface area contributed by atoms with Crippen LogP contribution < -0.4 is 0 Å². The van der Waals surface area contributed by atoms with Gasteiger partial charge in [-0.1, -0.05) is 60.1 Å². The highest BCUT2D eigenvalue weighted by Gasteiger charge is 2.12. The Morgan fingerprint density at radius 2 is 1.38 bits per heavy atom. The summed E-state index contributed by atoms with van der Waals surface area (Å²) < 4.78 is 0. The summed E-state index contributed by atoms with van der Waals surface area (Å²) in [5, 5.41) is 0. The molecule has 0 spiro atoms. The van der Waals surface area contributed by atoms with E-state index in [0.29, 0.717) is 0 Å². The third kappa shape index (κ3) is 7.96. The lowest BCUT2D eigenvalue weighted by Crippen LogP contribution is -2.07.